The Labute approximate surface area is 218 Å². The maximum atomic E-state index is 15.0. The maximum Gasteiger partial charge on any atom is 0.343 e. The summed E-state index contributed by atoms with van der Waals surface area (Å²) in [6.45, 7) is 7.34. The van der Waals surface area contributed by atoms with E-state index in [-0.39, 0.29) is 48.0 Å². The van der Waals surface area contributed by atoms with Gasteiger partial charge in [-0.1, -0.05) is 13.8 Å². The zero-order valence-electron chi connectivity index (χ0n) is 22.0. The largest absolute Gasteiger partial charge is 0.458 e. The maximum absolute atomic E-state index is 15.0. The number of carbonyl (C=O) groups excluding carboxylic acids is 2. The standard InChI is InChI=1S/C29H30FN3O5/c1-5-7-22(34)32-28(4)9-8-15-14(3)19(30)11-20-23(15)24(28)16-12-33-21(25(16)31-20)10-18-17(26(33)35)13-38-27(36)29(18,37)6-2/h10-11,37H,5-9,12-13H2,1-4H3,(H,32,34)/t28-,29-/m0/s1. The predicted octanol–water partition coefficient (Wildman–Crippen LogP) is 3.60. The van der Waals surface area contributed by atoms with E-state index in [2.05, 4.69) is 5.32 Å². The van der Waals surface area contributed by atoms with Gasteiger partial charge in [-0.15, -0.1) is 0 Å². The van der Waals surface area contributed by atoms with Gasteiger partial charge in [0.25, 0.3) is 5.56 Å². The highest BCUT2D eigenvalue weighted by molar-refractivity contribution is 5.94. The molecule has 9 heteroatoms. The molecule has 0 bridgehead atoms. The number of nitrogens with zero attached hydrogens (tertiary/aromatic N) is 2. The van der Waals surface area contributed by atoms with Crippen LogP contribution in [0.1, 0.15) is 79.8 Å². The number of aryl methyl sites for hydroxylation is 1. The number of cyclic esters (lactones) is 1. The van der Waals surface area contributed by atoms with Crippen LogP contribution in [0.5, 0.6) is 0 Å². The van der Waals surface area contributed by atoms with Crippen molar-refractivity contribution >= 4 is 22.8 Å². The summed E-state index contributed by atoms with van der Waals surface area (Å²) in [5, 5.41) is 15.2. The Kier molecular flexibility index (Phi) is 5.34. The van der Waals surface area contributed by atoms with Crippen molar-refractivity contribution in [2.24, 2.45) is 0 Å². The van der Waals surface area contributed by atoms with Crippen LogP contribution in [0.2, 0.25) is 0 Å². The zero-order valence-corrected chi connectivity index (χ0v) is 22.0. The number of nitrogens with one attached hydrogen (secondary N) is 1. The summed E-state index contributed by atoms with van der Waals surface area (Å²) in [6, 6.07) is 3.07. The average molecular weight is 520 g/mol. The van der Waals surface area contributed by atoms with Crippen molar-refractivity contribution in [3.05, 3.63) is 61.7 Å². The number of aliphatic hydroxyl groups is 1. The topological polar surface area (TPSA) is 111 Å². The van der Waals surface area contributed by atoms with Gasteiger partial charge in [-0.2, -0.15) is 0 Å². The highest BCUT2D eigenvalue weighted by atomic mass is 19.1. The quantitative estimate of drug-likeness (QED) is 0.399. The predicted molar refractivity (Wildman–Crippen MR) is 138 cm³/mol. The highest BCUT2D eigenvalue weighted by Crippen LogP contribution is 2.48. The normalized spacial score (nSPS) is 23.1. The smallest absolute Gasteiger partial charge is 0.343 e. The number of aromatic nitrogens is 2. The van der Waals surface area contributed by atoms with Gasteiger partial charge in [-0.3, -0.25) is 9.59 Å². The number of fused-ring (bicyclic) bond motifs is 5. The van der Waals surface area contributed by atoms with Crippen LogP contribution in [-0.2, 0) is 45.0 Å². The number of esters is 1. The van der Waals surface area contributed by atoms with Crippen LogP contribution in [0, 0.1) is 12.7 Å². The molecular weight excluding hydrogens is 489 g/mol. The molecule has 1 aliphatic carbocycles. The Morgan fingerprint density at radius 3 is 2.71 bits per heavy atom. The van der Waals surface area contributed by atoms with Gasteiger partial charge in [0.2, 0.25) is 5.91 Å². The molecule has 0 saturated carbocycles. The molecule has 1 amide bonds. The number of hydrogen-bond acceptors (Lipinski definition) is 6. The molecule has 6 rings (SSSR count). The summed E-state index contributed by atoms with van der Waals surface area (Å²) in [5.41, 5.74) is 1.91. The fourth-order valence-corrected chi connectivity index (χ4v) is 6.53. The first-order valence-corrected chi connectivity index (χ1v) is 13.2. The minimum Gasteiger partial charge on any atom is -0.458 e. The molecule has 4 heterocycles. The molecule has 0 saturated heterocycles. The number of benzene rings is 1. The lowest BCUT2D eigenvalue weighted by atomic mass is 9.74. The molecule has 2 atom stereocenters. The molecule has 0 unspecified atom stereocenters. The van der Waals surface area contributed by atoms with Gasteiger partial charge in [-0.05, 0) is 62.3 Å². The Hall–Kier alpha value is -3.59. The first kappa shape index (κ1) is 24.7. The molecule has 0 spiro atoms. The Morgan fingerprint density at radius 1 is 1.24 bits per heavy atom. The van der Waals surface area contributed by atoms with Crippen LogP contribution in [0.25, 0.3) is 22.3 Å². The first-order chi connectivity index (χ1) is 18.0. The van der Waals surface area contributed by atoms with E-state index in [4.69, 9.17) is 9.72 Å². The van der Waals surface area contributed by atoms with E-state index in [1.807, 2.05) is 13.8 Å². The lowest BCUT2D eigenvalue weighted by Gasteiger charge is -2.38. The second-order valence-corrected chi connectivity index (χ2v) is 10.9. The molecule has 38 heavy (non-hydrogen) atoms. The molecule has 8 nitrogen and oxygen atoms in total. The summed E-state index contributed by atoms with van der Waals surface area (Å²) in [4.78, 5) is 43.9. The minimum atomic E-state index is -1.94. The number of rotatable bonds is 4. The monoisotopic (exact) mass is 519 g/mol. The molecule has 3 aliphatic rings. The fraction of sp³-hybridized carbons (Fsp3) is 0.448. The molecule has 0 fully saturated rings. The minimum absolute atomic E-state index is 0.0420. The number of carbonyl (C=O) groups is 2. The molecular formula is C29H30FN3O5. The number of hydrogen-bond donors (Lipinski definition) is 2. The SMILES string of the molecule is CCCC(=O)N[C@@]1(C)CCc2c(C)c(F)cc3nc4c(c1c23)Cn1c-4cc2c(c1=O)COC(=O)[C@]2(O)CC. The van der Waals surface area contributed by atoms with E-state index in [1.54, 1.807) is 24.5 Å². The molecule has 198 valence electrons. The molecule has 2 aliphatic heterocycles. The van der Waals surface area contributed by atoms with Crippen LogP contribution < -0.4 is 10.9 Å². The van der Waals surface area contributed by atoms with Crippen molar-refractivity contribution in [2.45, 2.75) is 84.1 Å². The third-order valence-corrected chi connectivity index (χ3v) is 8.62. The summed E-state index contributed by atoms with van der Waals surface area (Å²) < 4.78 is 21.8. The van der Waals surface area contributed by atoms with Crippen LogP contribution in [-0.4, -0.2) is 26.5 Å². The Balaban J connectivity index is 1.67. The number of ether oxygens (including phenoxy) is 1. The Morgan fingerprint density at radius 2 is 2.00 bits per heavy atom. The average Bonchev–Trinajstić information content (AvgIpc) is 3.24. The van der Waals surface area contributed by atoms with E-state index >= 15 is 4.39 Å². The lowest BCUT2D eigenvalue weighted by molar-refractivity contribution is -0.172. The van der Waals surface area contributed by atoms with Crippen LogP contribution in [0.4, 0.5) is 4.39 Å². The summed E-state index contributed by atoms with van der Waals surface area (Å²) in [5.74, 6) is -1.21. The van der Waals surface area contributed by atoms with Crippen molar-refractivity contribution in [1.82, 2.24) is 14.9 Å². The van der Waals surface area contributed by atoms with Gasteiger partial charge < -0.3 is 19.7 Å². The molecule has 2 aromatic heterocycles. The van der Waals surface area contributed by atoms with Crippen molar-refractivity contribution in [1.29, 1.82) is 0 Å². The number of halogens is 1. The lowest BCUT2D eigenvalue weighted by Crippen LogP contribution is -2.46. The molecule has 1 aromatic carbocycles. The number of amides is 1. The second-order valence-electron chi connectivity index (χ2n) is 10.9. The number of pyridine rings is 2. The third-order valence-electron chi connectivity index (χ3n) is 8.62. The second kappa shape index (κ2) is 8.20. The van der Waals surface area contributed by atoms with E-state index in [0.29, 0.717) is 48.2 Å². The van der Waals surface area contributed by atoms with E-state index in [1.165, 1.54) is 6.07 Å². The summed E-state index contributed by atoms with van der Waals surface area (Å²) in [6.07, 6.45) is 2.30. The van der Waals surface area contributed by atoms with Gasteiger partial charge in [0.05, 0.1) is 34.6 Å². The summed E-state index contributed by atoms with van der Waals surface area (Å²) in [7, 11) is 0. The van der Waals surface area contributed by atoms with Crippen LogP contribution in [0.15, 0.2) is 16.9 Å². The van der Waals surface area contributed by atoms with Crippen molar-refractivity contribution < 1.29 is 23.8 Å². The fourth-order valence-electron chi connectivity index (χ4n) is 6.53. The van der Waals surface area contributed by atoms with Crippen molar-refractivity contribution in [3.8, 4) is 11.4 Å². The first-order valence-electron chi connectivity index (χ1n) is 13.2. The van der Waals surface area contributed by atoms with Gasteiger partial charge in [0.1, 0.15) is 12.4 Å². The van der Waals surface area contributed by atoms with Crippen molar-refractivity contribution in [3.63, 3.8) is 0 Å². The molecule has 3 aromatic rings. The third kappa shape index (κ3) is 3.17. The van der Waals surface area contributed by atoms with Crippen LogP contribution >= 0.6 is 0 Å². The van der Waals surface area contributed by atoms with Gasteiger partial charge in [-0.25, -0.2) is 14.2 Å². The van der Waals surface area contributed by atoms with Gasteiger partial charge >= 0.3 is 5.97 Å². The van der Waals surface area contributed by atoms with E-state index < -0.39 is 17.1 Å². The van der Waals surface area contributed by atoms with Crippen molar-refractivity contribution in [2.75, 3.05) is 0 Å². The Bertz CT molecular complexity index is 1640. The zero-order chi connectivity index (χ0) is 27.1. The van der Waals surface area contributed by atoms with Gasteiger partial charge in [0.15, 0.2) is 5.60 Å². The van der Waals surface area contributed by atoms with Crippen LogP contribution in [0.3, 0.4) is 0 Å². The molecule has 0 radical (unpaired) electrons. The summed E-state index contributed by atoms with van der Waals surface area (Å²) >= 11 is 0. The van der Waals surface area contributed by atoms with E-state index in [9.17, 15) is 19.5 Å². The van der Waals surface area contributed by atoms with E-state index in [0.717, 1.165) is 22.1 Å². The van der Waals surface area contributed by atoms with Gasteiger partial charge in [0, 0.05) is 29.0 Å². The molecule has 2 N–H and O–H groups in total. The highest BCUT2D eigenvalue weighted by Gasteiger charge is 2.46.